The van der Waals surface area contributed by atoms with Crippen molar-refractivity contribution < 1.29 is 9.53 Å². The lowest BCUT2D eigenvalue weighted by Crippen LogP contribution is -2.13. The van der Waals surface area contributed by atoms with Gasteiger partial charge in [0.1, 0.15) is 24.0 Å². The van der Waals surface area contributed by atoms with Crippen molar-refractivity contribution in [1.82, 2.24) is 0 Å². The second-order valence-corrected chi connectivity index (χ2v) is 5.71. The molecule has 0 aliphatic carbocycles. The quantitative estimate of drug-likeness (QED) is 0.421. The van der Waals surface area contributed by atoms with Crippen LogP contribution in [0.3, 0.4) is 0 Å². The fourth-order valence-corrected chi connectivity index (χ4v) is 2.62. The minimum atomic E-state index is -0.457. The smallest absolute Gasteiger partial charge is 0.266 e. The molecule has 0 saturated carbocycles. The fraction of sp³-hybridized carbons (Fsp3) is 0.0435. The number of terminal acetylenes is 1. The van der Waals surface area contributed by atoms with E-state index in [0.717, 1.165) is 10.8 Å². The standard InChI is InChI=1S/C23H16N2O2/c1-2-14-27-20-12-10-17(11-13-20)15-19(16-24)23(26)25-22-9-5-7-18-6-3-4-8-21(18)22/h1,3-13,15H,14H2,(H,25,26)/b19-15-. The first-order valence-corrected chi connectivity index (χ1v) is 8.28. The summed E-state index contributed by atoms with van der Waals surface area (Å²) in [5.41, 5.74) is 1.39. The number of hydrogen-bond acceptors (Lipinski definition) is 3. The lowest BCUT2D eigenvalue weighted by molar-refractivity contribution is -0.112. The van der Waals surface area contributed by atoms with Crippen molar-refractivity contribution >= 4 is 28.4 Å². The van der Waals surface area contributed by atoms with Gasteiger partial charge in [0.25, 0.3) is 5.91 Å². The number of rotatable bonds is 5. The van der Waals surface area contributed by atoms with E-state index in [0.29, 0.717) is 17.0 Å². The van der Waals surface area contributed by atoms with Crippen LogP contribution >= 0.6 is 0 Å². The summed E-state index contributed by atoms with van der Waals surface area (Å²) in [5.74, 6) is 2.56. The van der Waals surface area contributed by atoms with Gasteiger partial charge in [-0.25, -0.2) is 0 Å². The van der Waals surface area contributed by atoms with Crippen molar-refractivity contribution in [2.75, 3.05) is 11.9 Å². The maximum absolute atomic E-state index is 12.6. The maximum Gasteiger partial charge on any atom is 0.266 e. The van der Waals surface area contributed by atoms with Gasteiger partial charge < -0.3 is 10.1 Å². The number of benzene rings is 3. The summed E-state index contributed by atoms with van der Waals surface area (Å²) in [7, 11) is 0. The summed E-state index contributed by atoms with van der Waals surface area (Å²) in [5, 5.41) is 14.1. The average molecular weight is 352 g/mol. The van der Waals surface area contributed by atoms with Gasteiger partial charge in [-0.15, -0.1) is 6.42 Å². The number of anilines is 1. The highest BCUT2D eigenvalue weighted by Crippen LogP contribution is 2.23. The number of carbonyl (C=O) groups is 1. The summed E-state index contributed by atoms with van der Waals surface area (Å²) in [4.78, 5) is 12.6. The highest BCUT2D eigenvalue weighted by atomic mass is 16.5. The first-order valence-electron chi connectivity index (χ1n) is 8.28. The molecule has 1 amide bonds. The van der Waals surface area contributed by atoms with Gasteiger partial charge in [-0.3, -0.25) is 4.79 Å². The van der Waals surface area contributed by atoms with Crippen LogP contribution < -0.4 is 10.1 Å². The zero-order chi connectivity index (χ0) is 19.1. The molecule has 3 aromatic rings. The second kappa shape index (κ2) is 8.38. The minimum Gasteiger partial charge on any atom is -0.481 e. The molecule has 0 spiro atoms. The molecule has 27 heavy (non-hydrogen) atoms. The van der Waals surface area contributed by atoms with E-state index in [1.165, 1.54) is 6.08 Å². The predicted octanol–water partition coefficient (Wildman–Crippen LogP) is 4.40. The van der Waals surface area contributed by atoms with Crippen LogP contribution in [0.15, 0.2) is 72.3 Å². The summed E-state index contributed by atoms with van der Waals surface area (Å²) in [6, 6.07) is 22.3. The molecule has 0 fully saturated rings. The Morgan fingerprint density at radius 3 is 2.56 bits per heavy atom. The fourth-order valence-electron chi connectivity index (χ4n) is 2.62. The third-order valence-electron chi connectivity index (χ3n) is 3.92. The first-order chi connectivity index (χ1) is 13.2. The number of nitrogens with zero attached hydrogens (tertiary/aromatic N) is 1. The monoisotopic (exact) mass is 352 g/mol. The molecule has 0 radical (unpaired) electrons. The Balaban J connectivity index is 1.80. The van der Waals surface area contributed by atoms with Gasteiger partial charge in [0.2, 0.25) is 0 Å². The Morgan fingerprint density at radius 2 is 1.81 bits per heavy atom. The molecule has 0 aliphatic rings. The molecule has 1 N–H and O–H groups in total. The van der Waals surface area contributed by atoms with E-state index in [1.54, 1.807) is 24.3 Å². The van der Waals surface area contributed by atoms with Crippen molar-refractivity contribution in [2.24, 2.45) is 0 Å². The molecule has 0 bridgehead atoms. The average Bonchev–Trinajstić information content (AvgIpc) is 2.71. The molecule has 0 aromatic heterocycles. The summed E-state index contributed by atoms with van der Waals surface area (Å²) in [6.07, 6.45) is 6.69. The number of carbonyl (C=O) groups excluding carboxylic acids is 1. The van der Waals surface area contributed by atoms with E-state index < -0.39 is 5.91 Å². The molecule has 0 aliphatic heterocycles. The molecule has 3 aromatic carbocycles. The maximum atomic E-state index is 12.6. The van der Waals surface area contributed by atoms with Crippen LogP contribution in [0.1, 0.15) is 5.56 Å². The van der Waals surface area contributed by atoms with Crippen molar-refractivity contribution in [1.29, 1.82) is 5.26 Å². The largest absolute Gasteiger partial charge is 0.481 e. The zero-order valence-electron chi connectivity index (χ0n) is 14.5. The first kappa shape index (κ1) is 17.8. The number of nitrogens with one attached hydrogen (secondary N) is 1. The molecule has 4 nitrogen and oxygen atoms in total. The van der Waals surface area contributed by atoms with Crippen LogP contribution in [-0.4, -0.2) is 12.5 Å². The second-order valence-electron chi connectivity index (χ2n) is 5.71. The van der Waals surface area contributed by atoms with E-state index in [2.05, 4.69) is 11.2 Å². The van der Waals surface area contributed by atoms with Gasteiger partial charge >= 0.3 is 0 Å². The zero-order valence-corrected chi connectivity index (χ0v) is 14.5. The van der Waals surface area contributed by atoms with Crippen LogP contribution in [-0.2, 0) is 4.79 Å². The molecule has 0 saturated heterocycles. The molecule has 3 rings (SSSR count). The normalized spacial score (nSPS) is 10.7. The third-order valence-corrected chi connectivity index (χ3v) is 3.92. The number of ether oxygens (including phenoxy) is 1. The summed E-state index contributed by atoms with van der Waals surface area (Å²) < 4.78 is 5.31. The Kier molecular flexibility index (Phi) is 5.52. The predicted molar refractivity (Wildman–Crippen MR) is 107 cm³/mol. The topological polar surface area (TPSA) is 62.1 Å². The highest BCUT2D eigenvalue weighted by molar-refractivity contribution is 6.12. The van der Waals surface area contributed by atoms with Gasteiger partial charge in [0.05, 0.1) is 0 Å². The number of fused-ring (bicyclic) bond motifs is 1. The van der Waals surface area contributed by atoms with Gasteiger partial charge in [0.15, 0.2) is 0 Å². The molecule has 4 heteroatoms. The number of amides is 1. The third kappa shape index (κ3) is 4.34. The SMILES string of the molecule is C#CCOc1ccc(/C=C(/C#N)C(=O)Nc2cccc3ccccc23)cc1. The van der Waals surface area contributed by atoms with Crippen molar-refractivity contribution in [2.45, 2.75) is 0 Å². The van der Waals surface area contributed by atoms with Crippen LogP contribution in [0.2, 0.25) is 0 Å². The van der Waals surface area contributed by atoms with E-state index in [9.17, 15) is 10.1 Å². The molecule has 0 atom stereocenters. The molecule has 0 heterocycles. The lowest BCUT2D eigenvalue weighted by atomic mass is 10.1. The number of nitriles is 1. The Hall–Kier alpha value is -4.02. The lowest BCUT2D eigenvalue weighted by Gasteiger charge is -2.08. The Labute approximate surface area is 157 Å². The summed E-state index contributed by atoms with van der Waals surface area (Å²) in [6.45, 7) is 0.187. The van der Waals surface area contributed by atoms with Crippen LogP contribution in [0.4, 0.5) is 5.69 Å². The van der Waals surface area contributed by atoms with E-state index in [1.807, 2.05) is 48.5 Å². The van der Waals surface area contributed by atoms with Gasteiger partial charge in [-0.1, -0.05) is 54.5 Å². The van der Waals surface area contributed by atoms with E-state index in [4.69, 9.17) is 11.2 Å². The molecular formula is C23H16N2O2. The molecule has 0 unspecified atom stereocenters. The van der Waals surface area contributed by atoms with Crippen molar-refractivity contribution in [3.63, 3.8) is 0 Å². The van der Waals surface area contributed by atoms with E-state index >= 15 is 0 Å². The van der Waals surface area contributed by atoms with Crippen LogP contribution in [0, 0.1) is 23.7 Å². The molecule has 130 valence electrons. The van der Waals surface area contributed by atoms with Crippen molar-refractivity contribution in [3.05, 3.63) is 77.9 Å². The Bertz CT molecular complexity index is 1080. The molecular weight excluding hydrogens is 336 g/mol. The minimum absolute atomic E-state index is 0.0141. The van der Waals surface area contributed by atoms with Crippen LogP contribution in [0.25, 0.3) is 16.8 Å². The number of hydrogen-bond donors (Lipinski definition) is 1. The van der Waals surface area contributed by atoms with E-state index in [-0.39, 0.29) is 12.2 Å². The summed E-state index contributed by atoms with van der Waals surface area (Å²) >= 11 is 0. The van der Waals surface area contributed by atoms with Gasteiger partial charge in [0, 0.05) is 11.1 Å². The Morgan fingerprint density at radius 1 is 1.07 bits per heavy atom. The highest BCUT2D eigenvalue weighted by Gasteiger charge is 2.11. The van der Waals surface area contributed by atoms with Crippen LogP contribution in [0.5, 0.6) is 5.75 Å². The van der Waals surface area contributed by atoms with Gasteiger partial charge in [-0.2, -0.15) is 5.26 Å². The van der Waals surface area contributed by atoms with Crippen molar-refractivity contribution in [3.8, 4) is 24.2 Å². The van der Waals surface area contributed by atoms with Gasteiger partial charge in [-0.05, 0) is 35.2 Å².